The minimum atomic E-state index is 0.646. The van der Waals surface area contributed by atoms with Crippen molar-refractivity contribution in [1.82, 2.24) is 9.97 Å². The third kappa shape index (κ3) is 2.78. The summed E-state index contributed by atoms with van der Waals surface area (Å²) in [6.07, 6.45) is 0. The van der Waals surface area contributed by atoms with Crippen LogP contribution in [0, 0.1) is 0 Å². The van der Waals surface area contributed by atoms with Gasteiger partial charge in [-0.15, -0.1) is 0 Å². The third-order valence-corrected chi connectivity index (χ3v) is 3.53. The van der Waals surface area contributed by atoms with Gasteiger partial charge in [-0.25, -0.2) is 9.97 Å². The van der Waals surface area contributed by atoms with Gasteiger partial charge in [-0.3, -0.25) is 0 Å². The number of alkyl halides is 1. The molecule has 2 nitrogen and oxygen atoms in total. The summed E-state index contributed by atoms with van der Waals surface area (Å²) in [4.78, 5) is 9.18. The molecule has 1 heterocycles. The minimum Gasteiger partial charge on any atom is -0.232 e. The van der Waals surface area contributed by atoms with Gasteiger partial charge < -0.3 is 0 Å². The maximum Gasteiger partial charge on any atom is 0.140 e. The normalized spacial score (nSPS) is 10.4. The Bertz CT molecular complexity index is 639. The molecule has 3 heteroatoms. The molecular formula is C17H13BrN2. The van der Waals surface area contributed by atoms with E-state index in [0.717, 1.165) is 28.3 Å². The average Bonchev–Trinajstić information content (AvgIpc) is 2.56. The first-order valence-corrected chi connectivity index (χ1v) is 7.54. The summed E-state index contributed by atoms with van der Waals surface area (Å²) < 4.78 is 0. The van der Waals surface area contributed by atoms with E-state index in [1.807, 2.05) is 42.5 Å². The Balaban J connectivity index is 2.13. The summed E-state index contributed by atoms with van der Waals surface area (Å²) in [6, 6.07) is 22.4. The Hall–Kier alpha value is -2.00. The second-order valence-corrected chi connectivity index (χ2v) is 4.98. The van der Waals surface area contributed by atoms with E-state index in [4.69, 9.17) is 0 Å². The van der Waals surface area contributed by atoms with Crippen LogP contribution in [0.3, 0.4) is 0 Å². The zero-order chi connectivity index (χ0) is 13.8. The number of benzene rings is 2. The molecule has 20 heavy (non-hydrogen) atoms. The van der Waals surface area contributed by atoms with E-state index in [2.05, 4.69) is 50.2 Å². The monoisotopic (exact) mass is 324 g/mol. The summed E-state index contributed by atoms with van der Waals surface area (Å²) in [6.45, 7) is 0. The molecule has 0 saturated heterocycles. The molecule has 0 bridgehead atoms. The second-order valence-electron chi connectivity index (χ2n) is 4.42. The molecule has 0 radical (unpaired) electrons. The zero-order valence-electron chi connectivity index (χ0n) is 10.8. The number of halogens is 1. The van der Waals surface area contributed by atoms with E-state index >= 15 is 0 Å². The molecule has 0 atom stereocenters. The first kappa shape index (κ1) is 13.0. The van der Waals surface area contributed by atoms with Crippen molar-refractivity contribution in [3.8, 4) is 22.5 Å². The summed E-state index contributed by atoms with van der Waals surface area (Å²) >= 11 is 3.45. The number of nitrogens with zero attached hydrogens (tertiary/aromatic N) is 2. The first-order chi connectivity index (χ1) is 9.86. The molecule has 2 aromatic carbocycles. The number of hydrogen-bond donors (Lipinski definition) is 0. The van der Waals surface area contributed by atoms with Gasteiger partial charge in [-0.2, -0.15) is 0 Å². The molecule has 0 unspecified atom stereocenters. The largest absolute Gasteiger partial charge is 0.232 e. The molecule has 0 fully saturated rings. The predicted molar refractivity (Wildman–Crippen MR) is 85.5 cm³/mol. The summed E-state index contributed by atoms with van der Waals surface area (Å²) in [7, 11) is 0. The molecule has 0 aliphatic heterocycles. The molecule has 0 saturated carbocycles. The lowest BCUT2D eigenvalue weighted by molar-refractivity contribution is 1.05. The zero-order valence-corrected chi connectivity index (χ0v) is 12.4. The van der Waals surface area contributed by atoms with Crippen molar-refractivity contribution >= 4 is 15.9 Å². The number of aromatic nitrogens is 2. The molecule has 0 spiro atoms. The van der Waals surface area contributed by atoms with Crippen molar-refractivity contribution in [3.63, 3.8) is 0 Å². The van der Waals surface area contributed by atoms with Crippen LogP contribution in [0.15, 0.2) is 66.7 Å². The average molecular weight is 325 g/mol. The van der Waals surface area contributed by atoms with Crippen molar-refractivity contribution in [2.75, 3.05) is 0 Å². The van der Waals surface area contributed by atoms with Gasteiger partial charge in [0.2, 0.25) is 0 Å². The van der Waals surface area contributed by atoms with E-state index in [9.17, 15) is 0 Å². The maximum atomic E-state index is 4.59. The topological polar surface area (TPSA) is 25.8 Å². The van der Waals surface area contributed by atoms with Crippen LogP contribution < -0.4 is 0 Å². The second kappa shape index (κ2) is 5.97. The molecular weight excluding hydrogens is 312 g/mol. The van der Waals surface area contributed by atoms with Gasteiger partial charge >= 0.3 is 0 Å². The van der Waals surface area contributed by atoms with E-state index < -0.39 is 0 Å². The number of rotatable bonds is 3. The fourth-order valence-electron chi connectivity index (χ4n) is 2.07. The Morgan fingerprint density at radius 2 is 1.15 bits per heavy atom. The van der Waals surface area contributed by atoms with Crippen molar-refractivity contribution < 1.29 is 0 Å². The molecule has 0 aliphatic carbocycles. The third-order valence-electron chi connectivity index (χ3n) is 3.03. The highest BCUT2D eigenvalue weighted by molar-refractivity contribution is 9.08. The van der Waals surface area contributed by atoms with E-state index in [-0.39, 0.29) is 0 Å². The fourth-order valence-corrected chi connectivity index (χ4v) is 2.32. The van der Waals surface area contributed by atoms with E-state index in [0.29, 0.717) is 5.33 Å². The van der Waals surface area contributed by atoms with E-state index in [1.54, 1.807) is 0 Å². The Kier molecular flexibility index (Phi) is 3.88. The lowest BCUT2D eigenvalue weighted by atomic mass is 10.1. The van der Waals surface area contributed by atoms with Crippen molar-refractivity contribution in [2.45, 2.75) is 5.33 Å². The fraction of sp³-hybridized carbons (Fsp3) is 0.0588. The van der Waals surface area contributed by atoms with Gasteiger partial charge in [0.15, 0.2) is 0 Å². The molecule has 0 N–H and O–H groups in total. The van der Waals surface area contributed by atoms with Gasteiger partial charge in [0, 0.05) is 11.1 Å². The molecule has 0 aliphatic rings. The lowest BCUT2D eigenvalue weighted by Gasteiger charge is -2.07. The van der Waals surface area contributed by atoms with Crippen LogP contribution in [-0.4, -0.2) is 9.97 Å². The van der Waals surface area contributed by atoms with Crippen molar-refractivity contribution in [3.05, 3.63) is 72.6 Å². The smallest absolute Gasteiger partial charge is 0.140 e. The Morgan fingerprint density at radius 1 is 0.700 bits per heavy atom. The SMILES string of the molecule is BrCc1nc(-c2ccccc2)cc(-c2ccccc2)n1. The highest BCUT2D eigenvalue weighted by atomic mass is 79.9. The van der Waals surface area contributed by atoms with Crippen LogP contribution in [0.4, 0.5) is 0 Å². The van der Waals surface area contributed by atoms with Crippen molar-refractivity contribution in [2.24, 2.45) is 0 Å². The van der Waals surface area contributed by atoms with Gasteiger partial charge in [-0.1, -0.05) is 76.6 Å². The Labute approximate surface area is 126 Å². The van der Waals surface area contributed by atoms with Gasteiger partial charge in [0.25, 0.3) is 0 Å². The summed E-state index contributed by atoms with van der Waals surface area (Å²) in [5, 5.41) is 0.646. The highest BCUT2D eigenvalue weighted by Gasteiger charge is 2.07. The quantitative estimate of drug-likeness (QED) is 0.652. The molecule has 3 aromatic rings. The highest BCUT2D eigenvalue weighted by Crippen LogP contribution is 2.24. The minimum absolute atomic E-state index is 0.646. The molecule has 98 valence electrons. The summed E-state index contributed by atoms with van der Waals surface area (Å²) in [5.74, 6) is 0.796. The van der Waals surface area contributed by atoms with Crippen LogP contribution in [0.1, 0.15) is 5.82 Å². The maximum absolute atomic E-state index is 4.59. The van der Waals surface area contributed by atoms with Crippen LogP contribution >= 0.6 is 15.9 Å². The van der Waals surface area contributed by atoms with E-state index in [1.165, 1.54) is 0 Å². The predicted octanol–water partition coefficient (Wildman–Crippen LogP) is 4.71. The van der Waals surface area contributed by atoms with Gasteiger partial charge in [0.1, 0.15) is 5.82 Å². The van der Waals surface area contributed by atoms with Gasteiger partial charge in [0.05, 0.1) is 16.7 Å². The molecule has 3 rings (SSSR count). The van der Waals surface area contributed by atoms with Crippen LogP contribution in [0.25, 0.3) is 22.5 Å². The molecule has 1 aromatic heterocycles. The first-order valence-electron chi connectivity index (χ1n) is 6.41. The summed E-state index contributed by atoms with van der Waals surface area (Å²) in [5.41, 5.74) is 4.12. The van der Waals surface area contributed by atoms with Crippen molar-refractivity contribution in [1.29, 1.82) is 0 Å². The Morgan fingerprint density at radius 3 is 1.55 bits per heavy atom. The van der Waals surface area contributed by atoms with Gasteiger partial charge in [-0.05, 0) is 6.07 Å². The van der Waals surface area contributed by atoms with Crippen LogP contribution in [0.5, 0.6) is 0 Å². The van der Waals surface area contributed by atoms with Crippen LogP contribution in [0.2, 0.25) is 0 Å². The molecule has 0 amide bonds. The standard InChI is InChI=1S/C17H13BrN2/c18-12-17-19-15(13-7-3-1-4-8-13)11-16(20-17)14-9-5-2-6-10-14/h1-11H,12H2. The lowest BCUT2D eigenvalue weighted by Crippen LogP contribution is -1.96. The number of hydrogen-bond acceptors (Lipinski definition) is 2. The van der Waals surface area contributed by atoms with Crippen LogP contribution in [-0.2, 0) is 5.33 Å².